The molecule has 1 amide bonds. The number of rotatable bonds is 3. The van der Waals surface area contributed by atoms with Crippen LogP contribution in [-0.2, 0) is 9.53 Å². The number of amides is 1. The summed E-state index contributed by atoms with van der Waals surface area (Å²) in [5, 5.41) is 9.58. The number of benzene rings is 1. The number of aryl methyl sites for hydroxylation is 1. The molecule has 0 aliphatic carbocycles. The Bertz CT molecular complexity index is 519. The molecule has 0 spiro atoms. The van der Waals surface area contributed by atoms with E-state index >= 15 is 0 Å². The van der Waals surface area contributed by atoms with Crippen LogP contribution in [0.4, 0.5) is 0 Å². The van der Waals surface area contributed by atoms with Crippen molar-refractivity contribution in [3.05, 3.63) is 29.3 Å². The van der Waals surface area contributed by atoms with Gasteiger partial charge in [0.15, 0.2) is 6.61 Å². The summed E-state index contributed by atoms with van der Waals surface area (Å²) in [7, 11) is 0. The van der Waals surface area contributed by atoms with Crippen molar-refractivity contribution in [2.75, 3.05) is 19.7 Å². The molecule has 0 unspecified atom stereocenters. The van der Waals surface area contributed by atoms with Crippen LogP contribution in [0, 0.1) is 6.92 Å². The first-order chi connectivity index (χ1) is 10.1. The standard InChI is InChI=1S/C16H21NO4/c1-12-6-7-13(10-14(12)18)16(20)21-11-15(19)17-8-4-2-3-5-9-17/h6-7,10,18H,2-5,8-9,11H2,1H3. The second kappa shape index (κ2) is 7.11. The highest BCUT2D eigenvalue weighted by atomic mass is 16.5. The Morgan fingerprint density at radius 3 is 2.48 bits per heavy atom. The van der Waals surface area contributed by atoms with Gasteiger partial charge in [0.1, 0.15) is 5.75 Å². The number of likely N-dealkylation sites (tertiary alicyclic amines) is 1. The van der Waals surface area contributed by atoms with Crippen LogP contribution < -0.4 is 0 Å². The van der Waals surface area contributed by atoms with Crippen LogP contribution >= 0.6 is 0 Å². The number of hydrogen-bond acceptors (Lipinski definition) is 4. The van der Waals surface area contributed by atoms with Crippen LogP contribution in [0.2, 0.25) is 0 Å². The van der Waals surface area contributed by atoms with E-state index in [4.69, 9.17) is 4.74 Å². The van der Waals surface area contributed by atoms with Crippen molar-refractivity contribution >= 4 is 11.9 Å². The molecule has 114 valence electrons. The second-order valence-electron chi connectivity index (χ2n) is 5.37. The second-order valence-corrected chi connectivity index (χ2v) is 5.37. The predicted molar refractivity (Wildman–Crippen MR) is 78.2 cm³/mol. The van der Waals surface area contributed by atoms with E-state index in [1.807, 2.05) is 0 Å². The van der Waals surface area contributed by atoms with Crippen molar-refractivity contribution in [3.63, 3.8) is 0 Å². The highest BCUT2D eigenvalue weighted by Crippen LogP contribution is 2.18. The minimum absolute atomic E-state index is 0.0447. The van der Waals surface area contributed by atoms with Gasteiger partial charge < -0.3 is 14.7 Å². The summed E-state index contributed by atoms with van der Waals surface area (Å²) in [6.07, 6.45) is 4.30. The minimum atomic E-state index is -0.589. The monoisotopic (exact) mass is 291 g/mol. The summed E-state index contributed by atoms with van der Waals surface area (Å²) < 4.78 is 5.04. The summed E-state index contributed by atoms with van der Waals surface area (Å²) in [6, 6.07) is 4.57. The summed E-state index contributed by atoms with van der Waals surface area (Å²) in [5.74, 6) is -0.696. The zero-order chi connectivity index (χ0) is 15.2. The van der Waals surface area contributed by atoms with Gasteiger partial charge in [0.05, 0.1) is 5.56 Å². The van der Waals surface area contributed by atoms with Gasteiger partial charge in [-0.25, -0.2) is 4.79 Å². The number of phenols is 1. The van der Waals surface area contributed by atoms with Crippen molar-refractivity contribution in [2.45, 2.75) is 32.6 Å². The van der Waals surface area contributed by atoms with E-state index in [2.05, 4.69) is 0 Å². The van der Waals surface area contributed by atoms with Crippen LogP contribution in [0.5, 0.6) is 5.75 Å². The Morgan fingerprint density at radius 1 is 1.19 bits per heavy atom. The lowest BCUT2D eigenvalue weighted by molar-refractivity contribution is -0.134. The molecule has 1 aliphatic heterocycles. The summed E-state index contributed by atoms with van der Waals surface area (Å²) in [6.45, 7) is 2.98. The van der Waals surface area contributed by atoms with Gasteiger partial charge in [-0.2, -0.15) is 0 Å². The number of hydrogen-bond donors (Lipinski definition) is 1. The largest absolute Gasteiger partial charge is 0.508 e. The van der Waals surface area contributed by atoms with E-state index in [1.54, 1.807) is 24.0 Å². The van der Waals surface area contributed by atoms with Crippen LogP contribution in [0.15, 0.2) is 18.2 Å². The zero-order valence-electron chi connectivity index (χ0n) is 12.3. The normalized spacial score (nSPS) is 15.4. The number of ether oxygens (including phenoxy) is 1. The summed E-state index contributed by atoms with van der Waals surface area (Å²) in [5.41, 5.74) is 0.939. The van der Waals surface area contributed by atoms with E-state index in [1.165, 1.54) is 6.07 Å². The third-order valence-electron chi connectivity index (χ3n) is 3.73. The fourth-order valence-corrected chi connectivity index (χ4v) is 2.36. The number of carbonyl (C=O) groups is 2. The molecule has 1 fully saturated rings. The topological polar surface area (TPSA) is 66.8 Å². The molecule has 5 heteroatoms. The molecule has 2 rings (SSSR count). The van der Waals surface area contributed by atoms with Crippen molar-refractivity contribution < 1.29 is 19.4 Å². The van der Waals surface area contributed by atoms with Gasteiger partial charge in [-0.05, 0) is 37.5 Å². The first kappa shape index (κ1) is 15.4. The van der Waals surface area contributed by atoms with Gasteiger partial charge >= 0.3 is 5.97 Å². The fourth-order valence-electron chi connectivity index (χ4n) is 2.36. The fraction of sp³-hybridized carbons (Fsp3) is 0.500. The van der Waals surface area contributed by atoms with Crippen LogP contribution in [0.3, 0.4) is 0 Å². The van der Waals surface area contributed by atoms with E-state index in [9.17, 15) is 14.7 Å². The SMILES string of the molecule is Cc1ccc(C(=O)OCC(=O)N2CCCCCC2)cc1O. The van der Waals surface area contributed by atoms with Gasteiger partial charge in [0.25, 0.3) is 5.91 Å². The Hall–Kier alpha value is -2.04. The Morgan fingerprint density at radius 2 is 1.86 bits per heavy atom. The van der Waals surface area contributed by atoms with Gasteiger partial charge in [-0.1, -0.05) is 18.9 Å². The number of nitrogens with zero attached hydrogens (tertiary/aromatic N) is 1. The highest BCUT2D eigenvalue weighted by Gasteiger charge is 2.18. The van der Waals surface area contributed by atoms with Crippen LogP contribution in [0.25, 0.3) is 0 Å². The Labute approximate surface area is 124 Å². The van der Waals surface area contributed by atoms with Gasteiger partial charge in [0, 0.05) is 13.1 Å². The third kappa shape index (κ3) is 4.21. The van der Waals surface area contributed by atoms with Crippen molar-refractivity contribution in [3.8, 4) is 5.75 Å². The summed E-state index contributed by atoms with van der Waals surface area (Å²) >= 11 is 0. The maximum absolute atomic E-state index is 12.0. The Balaban J connectivity index is 1.87. The van der Waals surface area contributed by atoms with Crippen molar-refractivity contribution in [1.82, 2.24) is 4.90 Å². The van der Waals surface area contributed by atoms with E-state index in [0.29, 0.717) is 5.56 Å². The molecule has 0 saturated carbocycles. The van der Waals surface area contributed by atoms with Crippen LogP contribution in [-0.4, -0.2) is 41.6 Å². The number of esters is 1. The summed E-state index contributed by atoms with van der Waals surface area (Å²) in [4.78, 5) is 25.6. The van der Waals surface area contributed by atoms with Crippen LogP contribution in [0.1, 0.15) is 41.6 Å². The average molecular weight is 291 g/mol. The molecule has 0 aromatic heterocycles. The lowest BCUT2D eigenvalue weighted by Crippen LogP contribution is -2.35. The lowest BCUT2D eigenvalue weighted by Gasteiger charge is -2.19. The molecular formula is C16H21NO4. The molecule has 0 bridgehead atoms. The quantitative estimate of drug-likeness (QED) is 0.867. The zero-order valence-corrected chi connectivity index (χ0v) is 12.3. The molecule has 1 aromatic rings. The van der Waals surface area contributed by atoms with Crippen molar-refractivity contribution in [1.29, 1.82) is 0 Å². The smallest absolute Gasteiger partial charge is 0.338 e. The van der Waals surface area contributed by atoms with E-state index < -0.39 is 5.97 Å². The average Bonchev–Trinajstić information content (AvgIpc) is 2.76. The van der Waals surface area contributed by atoms with E-state index in [-0.39, 0.29) is 23.8 Å². The molecule has 5 nitrogen and oxygen atoms in total. The molecule has 1 aliphatic rings. The van der Waals surface area contributed by atoms with Gasteiger partial charge in [-0.15, -0.1) is 0 Å². The molecule has 1 saturated heterocycles. The highest BCUT2D eigenvalue weighted by molar-refractivity contribution is 5.91. The molecular weight excluding hydrogens is 270 g/mol. The maximum Gasteiger partial charge on any atom is 0.338 e. The van der Waals surface area contributed by atoms with Gasteiger partial charge in [0.2, 0.25) is 0 Å². The number of carbonyl (C=O) groups excluding carboxylic acids is 2. The maximum atomic E-state index is 12.0. The molecule has 1 aromatic carbocycles. The molecule has 0 radical (unpaired) electrons. The van der Waals surface area contributed by atoms with E-state index in [0.717, 1.165) is 38.8 Å². The first-order valence-electron chi connectivity index (χ1n) is 7.32. The molecule has 1 N–H and O–H groups in total. The predicted octanol–water partition coefficient (Wildman–Crippen LogP) is 2.26. The minimum Gasteiger partial charge on any atom is -0.508 e. The Kier molecular flexibility index (Phi) is 5.20. The molecule has 1 heterocycles. The number of phenolic OH excluding ortho intramolecular Hbond substituents is 1. The van der Waals surface area contributed by atoms with Gasteiger partial charge in [-0.3, -0.25) is 4.79 Å². The molecule has 0 atom stereocenters. The number of aromatic hydroxyl groups is 1. The lowest BCUT2D eigenvalue weighted by atomic mass is 10.1. The molecule has 21 heavy (non-hydrogen) atoms. The first-order valence-corrected chi connectivity index (χ1v) is 7.32. The third-order valence-corrected chi connectivity index (χ3v) is 3.73. The van der Waals surface area contributed by atoms with Crippen molar-refractivity contribution in [2.24, 2.45) is 0 Å².